The van der Waals surface area contributed by atoms with Crippen molar-refractivity contribution in [3.8, 4) is 56.7 Å². The Labute approximate surface area is 379 Å². The van der Waals surface area contributed by atoms with Crippen molar-refractivity contribution in [1.29, 1.82) is 0 Å². The standard InChI is InChI=1S/C60H39N5O/c1-60(2)46-27-13-9-24-43(46)53-45(26-17-28-47(53)60)58-61-57(37-20-7-4-8-21-37)62-59(63-58)65-49-30-15-11-23-40(49)42-33-32-41-39-22-10-14-29-48(39)64(55(41)56(42)65)50-34-38(36-18-5-3-6-19-36)35-52-54(50)44-25-12-16-31-51(44)66-52/h3-35H,1-2H3. The number of rotatable bonds is 5. The minimum atomic E-state index is -0.185. The van der Waals surface area contributed by atoms with Crippen LogP contribution in [-0.4, -0.2) is 24.1 Å². The zero-order chi connectivity index (χ0) is 43.7. The lowest BCUT2D eigenvalue weighted by Crippen LogP contribution is -2.14. The van der Waals surface area contributed by atoms with E-state index in [9.17, 15) is 0 Å². The summed E-state index contributed by atoms with van der Waals surface area (Å²) in [7, 11) is 0. The lowest BCUT2D eigenvalue weighted by molar-refractivity contribution is 0.660. The number of nitrogens with zero attached hydrogens (tertiary/aromatic N) is 5. The molecule has 66 heavy (non-hydrogen) atoms. The van der Waals surface area contributed by atoms with Crippen molar-refractivity contribution in [1.82, 2.24) is 24.1 Å². The largest absolute Gasteiger partial charge is 0.456 e. The van der Waals surface area contributed by atoms with Crippen LogP contribution < -0.4 is 0 Å². The molecule has 0 atom stereocenters. The molecule has 0 aliphatic heterocycles. The fourth-order valence-corrected chi connectivity index (χ4v) is 11.0. The van der Waals surface area contributed by atoms with Crippen LogP contribution in [0, 0.1) is 0 Å². The molecule has 1 aliphatic rings. The van der Waals surface area contributed by atoms with Gasteiger partial charge >= 0.3 is 0 Å². The minimum absolute atomic E-state index is 0.185. The lowest BCUT2D eigenvalue weighted by Gasteiger charge is -2.21. The molecular formula is C60H39N5O. The van der Waals surface area contributed by atoms with Gasteiger partial charge < -0.3 is 8.98 Å². The Hall–Kier alpha value is -8.61. The second kappa shape index (κ2) is 13.7. The van der Waals surface area contributed by atoms with Crippen molar-refractivity contribution in [2.45, 2.75) is 19.3 Å². The summed E-state index contributed by atoms with van der Waals surface area (Å²) in [5.41, 5.74) is 15.8. The molecular weight excluding hydrogens is 807 g/mol. The van der Waals surface area contributed by atoms with E-state index in [4.69, 9.17) is 19.4 Å². The van der Waals surface area contributed by atoms with Gasteiger partial charge in [-0.1, -0.05) is 184 Å². The number of para-hydroxylation sites is 3. The van der Waals surface area contributed by atoms with Gasteiger partial charge in [-0.05, 0) is 63.7 Å². The highest BCUT2D eigenvalue weighted by atomic mass is 16.3. The fourth-order valence-electron chi connectivity index (χ4n) is 11.0. The Morgan fingerprint density at radius 3 is 1.74 bits per heavy atom. The molecule has 4 heterocycles. The van der Waals surface area contributed by atoms with Gasteiger partial charge in [-0.25, -0.2) is 4.98 Å². The first-order valence-corrected chi connectivity index (χ1v) is 22.5. The average Bonchev–Trinajstić information content (AvgIpc) is 4.09. The normalized spacial score (nSPS) is 13.1. The second-order valence-corrected chi connectivity index (χ2v) is 17.9. The number of benzene rings is 9. The van der Waals surface area contributed by atoms with Crippen molar-refractivity contribution >= 4 is 65.6 Å². The summed E-state index contributed by atoms with van der Waals surface area (Å²) >= 11 is 0. The van der Waals surface area contributed by atoms with Crippen LogP contribution in [0.3, 0.4) is 0 Å². The molecule has 0 spiro atoms. The quantitative estimate of drug-likeness (QED) is 0.173. The van der Waals surface area contributed by atoms with Crippen LogP contribution in [0.15, 0.2) is 205 Å². The van der Waals surface area contributed by atoms with Crippen molar-refractivity contribution < 1.29 is 4.42 Å². The summed E-state index contributed by atoms with van der Waals surface area (Å²) in [6, 6.07) is 71.1. The molecule has 0 N–H and O–H groups in total. The first-order chi connectivity index (χ1) is 32.5. The number of aromatic nitrogens is 5. The lowest BCUT2D eigenvalue weighted by atomic mass is 9.82. The summed E-state index contributed by atoms with van der Waals surface area (Å²) < 4.78 is 11.5. The highest BCUT2D eigenvalue weighted by Crippen LogP contribution is 2.52. The van der Waals surface area contributed by atoms with E-state index >= 15 is 0 Å². The van der Waals surface area contributed by atoms with Crippen molar-refractivity contribution in [2.75, 3.05) is 0 Å². The molecule has 1 aliphatic carbocycles. The summed E-state index contributed by atoms with van der Waals surface area (Å²) in [5.74, 6) is 1.79. The van der Waals surface area contributed by atoms with Gasteiger partial charge in [0.15, 0.2) is 11.6 Å². The van der Waals surface area contributed by atoms with Crippen LogP contribution in [0.1, 0.15) is 25.0 Å². The fraction of sp³-hybridized carbons (Fsp3) is 0.0500. The van der Waals surface area contributed by atoms with Crippen LogP contribution in [0.5, 0.6) is 0 Å². The van der Waals surface area contributed by atoms with Crippen molar-refractivity contribution in [3.63, 3.8) is 0 Å². The first kappa shape index (κ1) is 36.8. The molecule has 0 saturated heterocycles. The topological polar surface area (TPSA) is 61.7 Å². The molecule has 0 bridgehead atoms. The number of hydrogen-bond acceptors (Lipinski definition) is 4. The molecule has 0 fully saturated rings. The van der Waals surface area contributed by atoms with Gasteiger partial charge in [0.05, 0.1) is 33.1 Å². The molecule has 0 saturated carbocycles. The SMILES string of the molecule is CC1(C)c2ccccc2-c2c(-c3nc(-c4ccccc4)nc(-n4c5ccccc5c5ccc6c7ccccc7n(-c7cc(-c8ccccc8)cc8oc9ccccc9c78)c6c54)n3)cccc21. The van der Waals surface area contributed by atoms with Crippen LogP contribution in [0.25, 0.3) is 122 Å². The van der Waals surface area contributed by atoms with Crippen LogP contribution in [0.4, 0.5) is 0 Å². The van der Waals surface area contributed by atoms with Crippen molar-refractivity contribution in [2.24, 2.45) is 0 Å². The Kier molecular flexibility index (Phi) is 7.64. The molecule has 6 heteroatoms. The molecule has 14 rings (SSSR count). The second-order valence-electron chi connectivity index (χ2n) is 17.9. The molecule has 0 amide bonds. The maximum absolute atomic E-state index is 6.74. The maximum Gasteiger partial charge on any atom is 0.238 e. The summed E-state index contributed by atoms with van der Waals surface area (Å²) in [6.45, 7) is 4.63. The van der Waals surface area contributed by atoms with Gasteiger partial charge in [0.25, 0.3) is 0 Å². The van der Waals surface area contributed by atoms with Crippen LogP contribution in [-0.2, 0) is 5.41 Å². The minimum Gasteiger partial charge on any atom is -0.456 e. The maximum atomic E-state index is 6.74. The van der Waals surface area contributed by atoms with E-state index in [0.29, 0.717) is 17.6 Å². The number of hydrogen-bond donors (Lipinski definition) is 0. The van der Waals surface area contributed by atoms with Gasteiger partial charge in [-0.3, -0.25) is 4.57 Å². The van der Waals surface area contributed by atoms with E-state index in [-0.39, 0.29) is 5.41 Å². The van der Waals surface area contributed by atoms with E-state index in [2.05, 4.69) is 199 Å². The predicted molar refractivity (Wildman–Crippen MR) is 270 cm³/mol. The zero-order valence-corrected chi connectivity index (χ0v) is 36.2. The molecule has 13 aromatic rings. The van der Waals surface area contributed by atoms with Crippen molar-refractivity contribution in [3.05, 3.63) is 211 Å². The molecule has 0 unspecified atom stereocenters. The van der Waals surface area contributed by atoms with Crippen LogP contribution in [0.2, 0.25) is 0 Å². The third-order valence-electron chi connectivity index (χ3n) is 14.0. The van der Waals surface area contributed by atoms with E-state index in [1.54, 1.807) is 0 Å². The molecule has 0 radical (unpaired) electrons. The predicted octanol–water partition coefficient (Wildman–Crippen LogP) is 15.3. The summed E-state index contributed by atoms with van der Waals surface area (Å²) in [5, 5.41) is 6.63. The molecule has 6 nitrogen and oxygen atoms in total. The summed E-state index contributed by atoms with van der Waals surface area (Å²) in [6.07, 6.45) is 0. The van der Waals surface area contributed by atoms with Gasteiger partial charge in [0.2, 0.25) is 5.95 Å². The van der Waals surface area contributed by atoms with E-state index in [0.717, 1.165) is 93.5 Å². The van der Waals surface area contributed by atoms with E-state index in [1.807, 2.05) is 24.3 Å². The smallest absolute Gasteiger partial charge is 0.238 e. The van der Waals surface area contributed by atoms with Crippen LogP contribution >= 0.6 is 0 Å². The third-order valence-corrected chi connectivity index (χ3v) is 14.0. The van der Waals surface area contributed by atoms with Gasteiger partial charge in [0, 0.05) is 43.5 Å². The van der Waals surface area contributed by atoms with Gasteiger partial charge in [-0.15, -0.1) is 0 Å². The monoisotopic (exact) mass is 845 g/mol. The molecule has 4 aromatic heterocycles. The number of fused-ring (bicyclic) bond motifs is 13. The number of furan rings is 1. The van der Waals surface area contributed by atoms with E-state index in [1.165, 1.54) is 22.3 Å². The van der Waals surface area contributed by atoms with E-state index < -0.39 is 0 Å². The Balaban J connectivity index is 1.14. The zero-order valence-electron chi connectivity index (χ0n) is 36.2. The Morgan fingerprint density at radius 2 is 0.985 bits per heavy atom. The van der Waals surface area contributed by atoms with Gasteiger partial charge in [0.1, 0.15) is 11.2 Å². The van der Waals surface area contributed by atoms with Gasteiger partial charge in [-0.2, -0.15) is 9.97 Å². The Bertz CT molecular complexity index is 4140. The molecule has 9 aromatic carbocycles. The molecule has 310 valence electrons. The highest BCUT2D eigenvalue weighted by Gasteiger charge is 2.37. The highest BCUT2D eigenvalue weighted by molar-refractivity contribution is 6.25. The summed E-state index contributed by atoms with van der Waals surface area (Å²) in [4.78, 5) is 16.4. The third kappa shape index (κ3) is 5.15. The average molecular weight is 846 g/mol. The Morgan fingerprint density at radius 1 is 0.409 bits per heavy atom. The first-order valence-electron chi connectivity index (χ1n) is 22.5.